The minimum atomic E-state index is -0.894. The Balaban J connectivity index is 1.74. The molecule has 1 N–H and O–H groups in total. The van der Waals surface area contributed by atoms with E-state index in [4.69, 9.17) is 4.84 Å². The van der Waals surface area contributed by atoms with E-state index < -0.39 is 17.5 Å². The quantitative estimate of drug-likeness (QED) is 0.653. The molecule has 25 heavy (non-hydrogen) atoms. The van der Waals surface area contributed by atoms with Crippen LogP contribution in [0.4, 0.5) is 14.5 Å². The molecule has 1 aliphatic rings. The highest BCUT2D eigenvalue weighted by Crippen LogP contribution is 2.14. The molecule has 8 heteroatoms. The Hall–Kier alpha value is -2.51. The second-order valence-corrected chi connectivity index (χ2v) is 5.77. The van der Waals surface area contributed by atoms with Crippen LogP contribution in [-0.2, 0) is 14.4 Å². The molecule has 0 radical (unpaired) electrons. The molecular formula is C17H21F2N3O3. The van der Waals surface area contributed by atoms with E-state index in [0.717, 1.165) is 44.0 Å². The lowest BCUT2D eigenvalue weighted by atomic mass is 10.1. The SMILES string of the molecule is O=C(/C=N/OCC(=O)N1CCCCCCC1)Nc1ccc(F)cc1F. The third-order valence-corrected chi connectivity index (χ3v) is 3.83. The first-order chi connectivity index (χ1) is 12.1. The zero-order valence-electron chi connectivity index (χ0n) is 13.8. The molecule has 2 amide bonds. The molecule has 0 atom stereocenters. The highest BCUT2D eigenvalue weighted by atomic mass is 19.1. The van der Waals surface area contributed by atoms with Gasteiger partial charge in [-0.3, -0.25) is 9.59 Å². The highest BCUT2D eigenvalue weighted by molar-refractivity contribution is 6.31. The maximum Gasteiger partial charge on any atom is 0.270 e. The Kier molecular flexibility index (Phi) is 7.31. The molecule has 0 aliphatic carbocycles. The molecule has 1 aromatic carbocycles. The number of nitrogens with one attached hydrogen (secondary N) is 1. The maximum absolute atomic E-state index is 13.4. The predicted octanol–water partition coefficient (Wildman–Crippen LogP) is 2.70. The fourth-order valence-electron chi connectivity index (χ4n) is 2.52. The van der Waals surface area contributed by atoms with Crippen molar-refractivity contribution in [2.45, 2.75) is 32.1 Å². The van der Waals surface area contributed by atoms with Gasteiger partial charge in [-0.15, -0.1) is 0 Å². The van der Waals surface area contributed by atoms with Crippen LogP contribution in [0.15, 0.2) is 23.4 Å². The Bertz CT molecular complexity index is 630. The smallest absolute Gasteiger partial charge is 0.270 e. The normalized spacial score (nSPS) is 15.5. The van der Waals surface area contributed by atoms with Crippen molar-refractivity contribution in [2.75, 3.05) is 25.0 Å². The van der Waals surface area contributed by atoms with E-state index in [0.29, 0.717) is 19.2 Å². The Morgan fingerprint density at radius 3 is 2.52 bits per heavy atom. The number of amides is 2. The molecule has 6 nitrogen and oxygen atoms in total. The van der Waals surface area contributed by atoms with Gasteiger partial charge in [-0.1, -0.05) is 24.4 Å². The van der Waals surface area contributed by atoms with Gasteiger partial charge in [0, 0.05) is 19.2 Å². The van der Waals surface area contributed by atoms with E-state index in [9.17, 15) is 18.4 Å². The third-order valence-electron chi connectivity index (χ3n) is 3.83. The monoisotopic (exact) mass is 353 g/mol. The van der Waals surface area contributed by atoms with Gasteiger partial charge < -0.3 is 15.1 Å². The highest BCUT2D eigenvalue weighted by Gasteiger charge is 2.15. The van der Waals surface area contributed by atoms with Gasteiger partial charge in [-0.05, 0) is 25.0 Å². The summed E-state index contributed by atoms with van der Waals surface area (Å²) in [6.07, 6.45) is 6.17. The topological polar surface area (TPSA) is 71.0 Å². The van der Waals surface area contributed by atoms with Crippen molar-refractivity contribution in [3.05, 3.63) is 29.8 Å². The number of benzene rings is 1. The summed E-state index contributed by atoms with van der Waals surface area (Å²) >= 11 is 0. The van der Waals surface area contributed by atoms with Crippen LogP contribution in [0.5, 0.6) is 0 Å². The van der Waals surface area contributed by atoms with E-state index in [2.05, 4.69) is 10.5 Å². The molecule has 0 bridgehead atoms. The van der Waals surface area contributed by atoms with Crippen molar-refractivity contribution >= 4 is 23.7 Å². The lowest BCUT2D eigenvalue weighted by Gasteiger charge is -2.24. The molecule has 0 saturated carbocycles. The van der Waals surface area contributed by atoms with Crippen LogP contribution in [0.25, 0.3) is 0 Å². The molecule has 0 aromatic heterocycles. The Morgan fingerprint density at radius 1 is 1.16 bits per heavy atom. The minimum Gasteiger partial charge on any atom is -0.386 e. The van der Waals surface area contributed by atoms with Crippen molar-refractivity contribution in [3.8, 4) is 0 Å². The standard InChI is InChI=1S/C17H21F2N3O3/c18-13-6-7-15(14(19)10-13)21-16(23)11-20-25-12-17(24)22-8-4-2-1-3-5-9-22/h6-7,10-11H,1-5,8-9,12H2,(H,21,23)/b20-11+. The molecule has 1 aromatic rings. The third kappa shape index (κ3) is 6.48. The lowest BCUT2D eigenvalue weighted by molar-refractivity contribution is -0.136. The molecular weight excluding hydrogens is 332 g/mol. The van der Waals surface area contributed by atoms with Gasteiger partial charge in [-0.25, -0.2) is 8.78 Å². The number of anilines is 1. The maximum atomic E-state index is 13.4. The molecule has 0 spiro atoms. The largest absolute Gasteiger partial charge is 0.386 e. The van der Waals surface area contributed by atoms with Crippen LogP contribution in [-0.4, -0.2) is 42.6 Å². The number of hydrogen-bond donors (Lipinski definition) is 1. The summed E-state index contributed by atoms with van der Waals surface area (Å²) in [4.78, 5) is 30.2. The number of hydrogen-bond acceptors (Lipinski definition) is 4. The second-order valence-electron chi connectivity index (χ2n) is 5.77. The summed E-state index contributed by atoms with van der Waals surface area (Å²) in [5.74, 6) is -2.56. The number of oxime groups is 1. The molecule has 1 aliphatic heterocycles. The number of carbonyl (C=O) groups is 2. The molecule has 1 fully saturated rings. The fraction of sp³-hybridized carbons (Fsp3) is 0.471. The number of halogens is 2. The van der Waals surface area contributed by atoms with Crippen LogP contribution < -0.4 is 5.32 Å². The first-order valence-corrected chi connectivity index (χ1v) is 8.25. The summed E-state index contributed by atoms with van der Waals surface area (Å²) in [5.41, 5.74) is -0.172. The van der Waals surface area contributed by atoms with Crippen molar-refractivity contribution in [1.29, 1.82) is 0 Å². The average molecular weight is 353 g/mol. The van der Waals surface area contributed by atoms with E-state index in [1.165, 1.54) is 6.42 Å². The van der Waals surface area contributed by atoms with E-state index in [1.54, 1.807) is 4.90 Å². The molecule has 136 valence electrons. The summed E-state index contributed by atoms with van der Waals surface area (Å²) in [6, 6.07) is 2.78. The van der Waals surface area contributed by atoms with Gasteiger partial charge in [-0.2, -0.15) is 0 Å². The predicted molar refractivity (Wildman–Crippen MR) is 89.1 cm³/mol. The summed E-state index contributed by atoms with van der Waals surface area (Å²) < 4.78 is 26.2. The van der Waals surface area contributed by atoms with Gasteiger partial charge in [0.25, 0.3) is 11.8 Å². The van der Waals surface area contributed by atoms with Crippen LogP contribution in [0.2, 0.25) is 0 Å². The number of nitrogens with zero attached hydrogens (tertiary/aromatic N) is 2. The Morgan fingerprint density at radius 2 is 1.84 bits per heavy atom. The zero-order chi connectivity index (χ0) is 18.1. The lowest BCUT2D eigenvalue weighted by Crippen LogP contribution is -2.36. The van der Waals surface area contributed by atoms with E-state index in [1.807, 2.05) is 0 Å². The summed E-state index contributed by atoms with van der Waals surface area (Å²) in [6.45, 7) is 1.15. The first kappa shape index (κ1) is 18.8. The number of carbonyl (C=O) groups excluding carboxylic acids is 2. The van der Waals surface area contributed by atoms with Gasteiger partial charge in [0.1, 0.15) is 17.8 Å². The van der Waals surface area contributed by atoms with Crippen molar-refractivity contribution < 1.29 is 23.2 Å². The van der Waals surface area contributed by atoms with Crippen molar-refractivity contribution in [2.24, 2.45) is 5.16 Å². The van der Waals surface area contributed by atoms with E-state index in [-0.39, 0.29) is 18.2 Å². The first-order valence-electron chi connectivity index (χ1n) is 8.25. The van der Waals surface area contributed by atoms with Crippen molar-refractivity contribution in [3.63, 3.8) is 0 Å². The molecule has 1 heterocycles. The minimum absolute atomic E-state index is 0.172. The number of likely N-dealkylation sites (tertiary alicyclic amines) is 1. The van der Waals surface area contributed by atoms with Crippen LogP contribution in [0, 0.1) is 11.6 Å². The van der Waals surface area contributed by atoms with Crippen LogP contribution in [0.3, 0.4) is 0 Å². The van der Waals surface area contributed by atoms with Gasteiger partial charge in [0.2, 0.25) is 0 Å². The van der Waals surface area contributed by atoms with Gasteiger partial charge in [0.05, 0.1) is 5.69 Å². The molecule has 0 unspecified atom stereocenters. The van der Waals surface area contributed by atoms with Gasteiger partial charge >= 0.3 is 0 Å². The fourth-order valence-corrected chi connectivity index (χ4v) is 2.52. The summed E-state index contributed by atoms with van der Waals surface area (Å²) in [5, 5.41) is 5.61. The summed E-state index contributed by atoms with van der Waals surface area (Å²) in [7, 11) is 0. The zero-order valence-corrected chi connectivity index (χ0v) is 13.8. The molecule has 2 rings (SSSR count). The Labute approximate surface area is 144 Å². The van der Waals surface area contributed by atoms with E-state index >= 15 is 0 Å². The average Bonchev–Trinajstić information content (AvgIpc) is 2.54. The number of rotatable bonds is 5. The van der Waals surface area contributed by atoms with Crippen molar-refractivity contribution in [1.82, 2.24) is 4.90 Å². The van der Waals surface area contributed by atoms with Gasteiger partial charge in [0.15, 0.2) is 6.61 Å². The van der Waals surface area contributed by atoms with Crippen LogP contribution >= 0.6 is 0 Å². The second kappa shape index (κ2) is 9.71. The molecule has 1 saturated heterocycles. The van der Waals surface area contributed by atoms with Crippen LogP contribution in [0.1, 0.15) is 32.1 Å².